The van der Waals surface area contributed by atoms with E-state index in [9.17, 15) is 9.90 Å². The van der Waals surface area contributed by atoms with Crippen molar-refractivity contribution in [2.24, 2.45) is 5.92 Å². The van der Waals surface area contributed by atoms with Crippen LogP contribution in [-0.4, -0.2) is 46.0 Å². The highest BCUT2D eigenvalue weighted by atomic mass is 32.2. The molecule has 2 N–H and O–H groups in total. The quantitative estimate of drug-likeness (QED) is 0.434. The number of ether oxygens (including phenoxy) is 1. The summed E-state index contributed by atoms with van der Waals surface area (Å²) in [5, 5.41) is 10.7. The molecule has 1 saturated carbocycles. The van der Waals surface area contributed by atoms with Gasteiger partial charge in [-0.15, -0.1) is 11.8 Å². The molecule has 1 aromatic heterocycles. The minimum Gasteiger partial charge on any atom is -0.478 e. The number of hydrogen-bond acceptors (Lipinski definition) is 4. The number of aromatic carboxylic acids is 1. The van der Waals surface area contributed by atoms with Crippen LogP contribution in [0.3, 0.4) is 0 Å². The van der Waals surface area contributed by atoms with Crippen LogP contribution >= 0.6 is 11.8 Å². The zero-order valence-corrected chi connectivity index (χ0v) is 20.4. The first-order chi connectivity index (χ1) is 16.6. The first kappa shape index (κ1) is 22.2. The van der Waals surface area contributed by atoms with E-state index in [1.165, 1.54) is 45.3 Å². The van der Waals surface area contributed by atoms with Gasteiger partial charge in [-0.1, -0.05) is 12.1 Å². The molecule has 0 bridgehead atoms. The normalized spacial score (nSPS) is 25.4. The second kappa shape index (κ2) is 9.06. The van der Waals surface area contributed by atoms with E-state index >= 15 is 0 Å². The Kier molecular flexibility index (Phi) is 5.92. The van der Waals surface area contributed by atoms with Gasteiger partial charge in [-0.2, -0.15) is 0 Å². The Bertz CT molecular complexity index is 1200. The summed E-state index contributed by atoms with van der Waals surface area (Å²) in [7, 11) is 0. The molecule has 3 heterocycles. The number of piperidine rings is 1. The van der Waals surface area contributed by atoms with Crippen LogP contribution in [0.4, 0.5) is 0 Å². The Balaban J connectivity index is 1.36. The summed E-state index contributed by atoms with van der Waals surface area (Å²) >= 11 is 1.98. The van der Waals surface area contributed by atoms with Gasteiger partial charge in [-0.25, -0.2) is 4.79 Å². The highest BCUT2D eigenvalue weighted by Gasteiger charge is 2.38. The molecule has 6 heteroatoms. The number of carbonyl (C=O) groups is 1. The van der Waals surface area contributed by atoms with Crippen molar-refractivity contribution in [1.82, 2.24) is 9.88 Å². The molecular formula is C28H32N2O3S. The number of likely N-dealkylation sites (tertiary alicyclic amines) is 1. The van der Waals surface area contributed by atoms with Crippen molar-refractivity contribution in [2.75, 3.05) is 18.9 Å². The van der Waals surface area contributed by atoms with Gasteiger partial charge < -0.3 is 14.8 Å². The average Bonchev–Trinajstić information content (AvgIpc) is 3.55. The van der Waals surface area contributed by atoms with Crippen molar-refractivity contribution in [2.45, 2.75) is 62.1 Å². The fourth-order valence-electron chi connectivity index (χ4n) is 5.83. The molecule has 6 rings (SSSR count). The van der Waals surface area contributed by atoms with Crippen molar-refractivity contribution in [3.05, 3.63) is 64.8 Å². The fourth-order valence-corrected chi connectivity index (χ4v) is 7.05. The standard InChI is InChI=1S/C28H32N2O3S/c1-17-14-25-26(22-8-11-29-27(17)22)23(10-13-34-25)30-12-9-21(33-16-18-2-3-18)15-24(30)19-4-6-20(7-5-19)28(31)32/h4-8,11,14,18,21,23-24,29H,2-3,9-10,12-13,15-16H2,1H3,(H,31,32)/t21-,23?,24-/m0/s1. The van der Waals surface area contributed by atoms with Crippen LogP contribution in [0.2, 0.25) is 0 Å². The molecule has 2 aliphatic heterocycles. The summed E-state index contributed by atoms with van der Waals surface area (Å²) in [6.45, 7) is 4.08. The number of carboxylic acid groups (broad SMARTS) is 1. The van der Waals surface area contributed by atoms with Gasteiger partial charge in [0.2, 0.25) is 0 Å². The lowest BCUT2D eigenvalue weighted by atomic mass is 9.87. The number of thioether (sulfide) groups is 1. The van der Waals surface area contributed by atoms with Crippen LogP contribution in [0.25, 0.3) is 10.9 Å². The van der Waals surface area contributed by atoms with Crippen LogP contribution in [0.15, 0.2) is 47.5 Å². The number of aryl methyl sites for hydroxylation is 1. The summed E-state index contributed by atoms with van der Waals surface area (Å²) in [6.07, 6.45) is 8.08. The van der Waals surface area contributed by atoms with Crippen LogP contribution in [0, 0.1) is 12.8 Å². The van der Waals surface area contributed by atoms with Crippen LogP contribution in [-0.2, 0) is 4.74 Å². The Morgan fingerprint density at radius 1 is 1.15 bits per heavy atom. The number of aromatic nitrogens is 1. The number of nitrogens with zero attached hydrogens (tertiary/aromatic N) is 1. The largest absolute Gasteiger partial charge is 0.478 e. The van der Waals surface area contributed by atoms with E-state index < -0.39 is 5.97 Å². The molecule has 3 aliphatic rings. The average molecular weight is 477 g/mol. The molecule has 3 aromatic rings. The number of hydrogen-bond donors (Lipinski definition) is 2. The maximum atomic E-state index is 11.4. The molecule has 178 valence electrons. The Morgan fingerprint density at radius 3 is 2.74 bits per heavy atom. The van der Waals surface area contributed by atoms with Crippen molar-refractivity contribution in [1.29, 1.82) is 0 Å². The van der Waals surface area contributed by atoms with Crippen LogP contribution < -0.4 is 0 Å². The lowest BCUT2D eigenvalue weighted by Gasteiger charge is -2.46. The first-order valence-electron chi connectivity index (χ1n) is 12.5. The van der Waals surface area contributed by atoms with Gasteiger partial charge in [0.15, 0.2) is 0 Å². The number of benzene rings is 2. The maximum absolute atomic E-state index is 11.4. The smallest absolute Gasteiger partial charge is 0.335 e. The van der Waals surface area contributed by atoms with Crippen LogP contribution in [0.1, 0.15) is 71.2 Å². The number of nitrogens with one attached hydrogen (secondary N) is 1. The molecule has 34 heavy (non-hydrogen) atoms. The van der Waals surface area contributed by atoms with E-state index in [0.29, 0.717) is 11.6 Å². The molecule has 0 radical (unpaired) electrons. The van der Waals surface area contributed by atoms with Crippen molar-refractivity contribution in [3.63, 3.8) is 0 Å². The second-order valence-electron chi connectivity index (χ2n) is 10.1. The number of fused-ring (bicyclic) bond motifs is 3. The van der Waals surface area contributed by atoms with E-state index in [0.717, 1.165) is 44.1 Å². The van der Waals surface area contributed by atoms with Gasteiger partial charge in [-0.05, 0) is 91.7 Å². The lowest BCUT2D eigenvalue weighted by Crippen LogP contribution is -2.43. The predicted molar refractivity (Wildman–Crippen MR) is 136 cm³/mol. The number of carboxylic acids is 1. The predicted octanol–water partition coefficient (Wildman–Crippen LogP) is 6.34. The molecule has 2 aromatic carbocycles. The maximum Gasteiger partial charge on any atom is 0.335 e. The molecular weight excluding hydrogens is 444 g/mol. The van der Waals surface area contributed by atoms with E-state index in [-0.39, 0.29) is 12.1 Å². The van der Waals surface area contributed by atoms with Gasteiger partial charge in [-0.3, -0.25) is 4.90 Å². The molecule has 1 unspecified atom stereocenters. The van der Waals surface area contributed by atoms with E-state index in [1.54, 1.807) is 12.1 Å². The Hall–Kier alpha value is -2.28. The topological polar surface area (TPSA) is 65.6 Å². The number of aromatic amines is 1. The monoisotopic (exact) mass is 476 g/mol. The highest BCUT2D eigenvalue weighted by Crippen LogP contribution is 2.48. The van der Waals surface area contributed by atoms with Crippen LogP contribution in [0.5, 0.6) is 0 Å². The molecule has 0 spiro atoms. The minimum absolute atomic E-state index is 0.219. The van der Waals surface area contributed by atoms with Crippen molar-refractivity contribution < 1.29 is 14.6 Å². The summed E-state index contributed by atoms with van der Waals surface area (Å²) in [4.78, 5) is 19.0. The van der Waals surface area contributed by atoms with E-state index in [4.69, 9.17) is 4.74 Å². The third kappa shape index (κ3) is 4.16. The fraction of sp³-hybridized carbons (Fsp3) is 0.464. The molecule has 3 atom stereocenters. The zero-order chi connectivity index (χ0) is 23.2. The highest BCUT2D eigenvalue weighted by molar-refractivity contribution is 7.99. The Labute approximate surface area is 204 Å². The minimum atomic E-state index is -0.874. The van der Waals surface area contributed by atoms with Gasteiger partial charge in [0.1, 0.15) is 0 Å². The summed E-state index contributed by atoms with van der Waals surface area (Å²) < 4.78 is 6.37. The third-order valence-electron chi connectivity index (χ3n) is 7.83. The Morgan fingerprint density at radius 2 is 1.97 bits per heavy atom. The van der Waals surface area contributed by atoms with Gasteiger partial charge in [0, 0.05) is 47.2 Å². The van der Waals surface area contributed by atoms with Crippen molar-refractivity contribution >= 4 is 28.6 Å². The lowest BCUT2D eigenvalue weighted by molar-refractivity contribution is -0.0344. The summed E-state index contributed by atoms with van der Waals surface area (Å²) in [5.74, 6) is 1.01. The number of H-pyrrole nitrogens is 1. The molecule has 1 aliphatic carbocycles. The first-order valence-corrected chi connectivity index (χ1v) is 13.5. The van der Waals surface area contributed by atoms with Gasteiger partial charge >= 0.3 is 5.97 Å². The molecule has 2 fully saturated rings. The number of rotatable bonds is 6. The molecule has 5 nitrogen and oxygen atoms in total. The van der Waals surface area contributed by atoms with Crippen molar-refractivity contribution in [3.8, 4) is 0 Å². The zero-order valence-electron chi connectivity index (χ0n) is 19.6. The van der Waals surface area contributed by atoms with Gasteiger partial charge in [0.25, 0.3) is 0 Å². The van der Waals surface area contributed by atoms with Gasteiger partial charge in [0.05, 0.1) is 11.7 Å². The third-order valence-corrected chi connectivity index (χ3v) is 8.92. The van der Waals surface area contributed by atoms with E-state index in [2.05, 4.69) is 35.1 Å². The SMILES string of the molecule is Cc1cc2c(c3cc[nH]c13)C(N1CC[C@H](OCC3CC3)C[C@H]1c1ccc(C(=O)O)cc1)CCS2. The molecule has 0 amide bonds. The summed E-state index contributed by atoms with van der Waals surface area (Å²) in [6, 6.07) is 12.7. The summed E-state index contributed by atoms with van der Waals surface area (Å²) in [5.41, 5.74) is 5.55. The van der Waals surface area contributed by atoms with E-state index in [1.807, 2.05) is 23.9 Å². The second-order valence-corrected chi connectivity index (χ2v) is 11.3. The molecule has 1 saturated heterocycles.